The van der Waals surface area contributed by atoms with Gasteiger partial charge < -0.3 is 10.0 Å². The molecule has 110 valence electrons. The van der Waals surface area contributed by atoms with Crippen LogP contribution >= 0.6 is 11.3 Å². The van der Waals surface area contributed by atoms with Crippen LogP contribution in [0, 0.1) is 5.41 Å². The third kappa shape index (κ3) is 2.70. The maximum atomic E-state index is 12.4. The number of carbonyl (C=O) groups is 2. The van der Waals surface area contributed by atoms with Crippen LogP contribution in [0.25, 0.3) is 0 Å². The monoisotopic (exact) mass is 296 g/mol. The molecule has 1 unspecified atom stereocenters. The van der Waals surface area contributed by atoms with Gasteiger partial charge in [-0.05, 0) is 13.3 Å². The van der Waals surface area contributed by atoms with Crippen LogP contribution in [-0.4, -0.2) is 40.0 Å². The van der Waals surface area contributed by atoms with Gasteiger partial charge in [0, 0.05) is 18.5 Å². The highest BCUT2D eigenvalue weighted by Gasteiger charge is 2.42. The van der Waals surface area contributed by atoms with E-state index in [9.17, 15) is 14.7 Å². The Morgan fingerprint density at radius 3 is 2.55 bits per heavy atom. The number of amides is 1. The molecule has 1 aromatic heterocycles. The number of carboxylic acid groups (broad SMARTS) is 1. The molecule has 20 heavy (non-hydrogen) atoms. The quantitative estimate of drug-likeness (QED) is 0.909. The van der Waals surface area contributed by atoms with Crippen LogP contribution in [-0.2, 0) is 10.2 Å². The molecule has 1 N–H and O–H groups in total. The van der Waals surface area contributed by atoms with Crippen molar-refractivity contribution in [3.63, 3.8) is 0 Å². The van der Waals surface area contributed by atoms with Crippen molar-refractivity contribution in [3.05, 3.63) is 16.1 Å². The van der Waals surface area contributed by atoms with E-state index in [2.05, 4.69) is 25.8 Å². The van der Waals surface area contributed by atoms with Gasteiger partial charge in [-0.3, -0.25) is 9.59 Å². The Morgan fingerprint density at radius 2 is 2.10 bits per heavy atom. The fourth-order valence-electron chi connectivity index (χ4n) is 2.18. The van der Waals surface area contributed by atoms with E-state index in [1.54, 1.807) is 18.0 Å². The SMILES string of the molecule is CC1(C(=O)O)CCN(C(=O)c2cnc(C(C)(C)C)s2)C1. The van der Waals surface area contributed by atoms with Crippen LogP contribution < -0.4 is 0 Å². The number of likely N-dealkylation sites (tertiary alicyclic amines) is 1. The predicted molar refractivity (Wildman–Crippen MR) is 77.1 cm³/mol. The Morgan fingerprint density at radius 1 is 1.45 bits per heavy atom. The zero-order valence-electron chi connectivity index (χ0n) is 12.3. The lowest BCUT2D eigenvalue weighted by Gasteiger charge is -2.19. The molecule has 6 heteroatoms. The number of nitrogens with zero attached hydrogens (tertiary/aromatic N) is 2. The standard InChI is InChI=1S/C14H20N2O3S/c1-13(2,3)11-15-7-9(20-11)10(17)16-6-5-14(4,8-16)12(18)19/h7H,5-6,8H2,1-4H3,(H,18,19). The fourth-order valence-corrected chi connectivity index (χ4v) is 3.13. The van der Waals surface area contributed by atoms with E-state index >= 15 is 0 Å². The van der Waals surface area contributed by atoms with Crippen molar-refractivity contribution in [2.45, 2.75) is 39.5 Å². The summed E-state index contributed by atoms with van der Waals surface area (Å²) in [5, 5.41) is 10.1. The van der Waals surface area contributed by atoms with Crippen molar-refractivity contribution in [2.24, 2.45) is 5.41 Å². The zero-order chi connectivity index (χ0) is 15.1. The Hall–Kier alpha value is -1.43. The third-order valence-electron chi connectivity index (χ3n) is 3.63. The molecule has 0 bridgehead atoms. The van der Waals surface area contributed by atoms with Gasteiger partial charge in [-0.15, -0.1) is 11.3 Å². The van der Waals surface area contributed by atoms with Crippen LogP contribution in [0.5, 0.6) is 0 Å². The number of hydrogen-bond donors (Lipinski definition) is 1. The van der Waals surface area contributed by atoms with E-state index in [1.165, 1.54) is 11.3 Å². The van der Waals surface area contributed by atoms with Crippen LogP contribution in [0.15, 0.2) is 6.20 Å². The highest BCUT2D eigenvalue weighted by atomic mass is 32.1. The molecule has 2 rings (SSSR count). The molecule has 0 spiro atoms. The third-order valence-corrected chi connectivity index (χ3v) is 5.05. The molecule has 1 amide bonds. The molecular formula is C14H20N2O3S. The first-order valence-electron chi connectivity index (χ1n) is 6.62. The number of carbonyl (C=O) groups excluding carboxylic acids is 1. The zero-order valence-corrected chi connectivity index (χ0v) is 13.1. The highest BCUT2D eigenvalue weighted by Crippen LogP contribution is 2.33. The van der Waals surface area contributed by atoms with Gasteiger partial charge in [-0.1, -0.05) is 20.8 Å². The second-order valence-corrected chi connectivity index (χ2v) is 7.65. The van der Waals surface area contributed by atoms with Gasteiger partial charge in [0.05, 0.1) is 16.6 Å². The molecule has 0 aromatic carbocycles. The average molecular weight is 296 g/mol. The van der Waals surface area contributed by atoms with Crippen molar-refractivity contribution in [2.75, 3.05) is 13.1 Å². The lowest BCUT2D eigenvalue weighted by Crippen LogP contribution is -2.34. The Kier molecular flexibility index (Phi) is 3.62. The van der Waals surface area contributed by atoms with E-state index in [0.717, 1.165) is 5.01 Å². The number of aliphatic carboxylic acids is 1. The lowest BCUT2D eigenvalue weighted by molar-refractivity contribution is -0.147. The van der Waals surface area contributed by atoms with Crippen LogP contribution in [0.2, 0.25) is 0 Å². The van der Waals surface area contributed by atoms with E-state index in [0.29, 0.717) is 17.8 Å². The maximum absolute atomic E-state index is 12.4. The van der Waals surface area contributed by atoms with Crippen LogP contribution in [0.4, 0.5) is 0 Å². The Bertz CT molecular complexity index is 547. The molecule has 1 aromatic rings. The first-order chi connectivity index (χ1) is 9.13. The number of carboxylic acids is 1. The van der Waals surface area contributed by atoms with Gasteiger partial charge >= 0.3 is 5.97 Å². The van der Waals surface area contributed by atoms with Gasteiger partial charge in [-0.2, -0.15) is 0 Å². The predicted octanol–water partition coefficient (Wildman–Crippen LogP) is 2.38. The van der Waals surface area contributed by atoms with E-state index in [-0.39, 0.29) is 17.9 Å². The van der Waals surface area contributed by atoms with E-state index < -0.39 is 11.4 Å². The van der Waals surface area contributed by atoms with Gasteiger partial charge in [0.15, 0.2) is 0 Å². The number of aromatic nitrogens is 1. The Balaban J connectivity index is 2.14. The van der Waals surface area contributed by atoms with Gasteiger partial charge in [0.25, 0.3) is 5.91 Å². The molecule has 1 fully saturated rings. The van der Waals surface area contributed by atoms with Crippen molar-refractivity contribution in [1.29, 1.82) is 0 Å². The van der Waals surface area contributed by atoms with Gasteiger partial charge in [-0.25, -0.2) is 4.98 Å². The summed E-state index contributed by atoms with van der Waals surface area (Å²) in [6, 6.07) is 0. The summed E-state index contributed by atoms with van der Waals surface area (Å²) in [7, 11) is 0. The summed E-state index contributed by atoms with van der Waals surface area (Å²) in [5.74, 6) is -0.949. The summed E-state index contributed by atoms with van der Waals surface area (Å²) < 4.78 is 0. The first kappa shape index (κ1) is 15.0. The lowest BCUT2D eigenvalue weighted by atomic mass is 9.90. The Labute approximate surface area is 122 Å². The topological polar surface area (TPSA) is 70.5 Å². The largest absolute Gasteiger partial charge is 0.481 e. The smallest absolute Gasteiger partial charge is 0.311 e. The average Bonchev–Trinajstić information content (AvgIpc) is 2.94. The molecule has 0 aliphatic carbocycles. The van der Waals surface area contributed by atoms with E-state index in [4.69, 9.17) is 0 Å². The molecule has 5 nitrogen and oxygen atoms in total. The maximum Gasteiger partial charge on any atom is 0.311 e. The van der Waals surface area contributed by atoms with Crippen molar-refractivity contribution >= 4 is 23.2 Å². The van der Waals surface area contributed by atoms with Crippen molar-refractivity contribution in [1.82, 2.24) is 9.88 Å². The van der Waals surface area contributed by atoms with Crippen molar-refractivity contribution in [3.8, 4) is 0 Å². The van der Waals surface area contributed by atoms with Gasteiger partial charge in [0.2, 0.25) is 0 Å². The normalized spacial score (nSPS) is 23.1. The number of thiazole rings is 1. The molecule has 0 saturated carbocycles. The summed E-state index contributed by atoms with van der Waals surface area (Å²) in [6.45, 7) is 8.61. The fraction of sp³-hybridized carbons (Fsp3) is 0.643. The minimum absolute atomic E-state index is 0.0796. The highest BCUT2D eigenvalue weighted by molar-refractivity contribution is 7.13. The summed E-state index contributed by atoms with van der Waals surface area (Å²) >= 11 is 1.39. The minimum atomic E-state index is -0.840. The molecule has 1 atom stereocenters. The number of hydrogen-bond acceptors (Lipinski definition) is 4. The van der Waals surface area contributed by atoms with Crippen molar-refractivity contribution < 1.29 is 14.7 Å². The van der Waals surface area contributed by atoms with E-state index in [1.807, 2.05) is 0 Å². The summed E-state index contributed by atoms with van der Waals surface area (Å²) in [4.78, 5) is 30.1. The first-order valence-corrected chi connectivity index (χ1v) is 7.44. The summed E-state index contributed by atoms with van der Waals surface area (Å²) in [6.07, 6.45) is 2.10. The second-order valence-electron chi connectivity index (χ2n) is 6.62. The molecule has 1 aliphatic rings. The molecule has 0 radical (unpaired) electrons. The molecular weight excluding hydrogens is 276 g/mol. The van der Waals surface area contributed by atoms with Crippen LogP contribution in [0.1, 0.15) is 48.8 Å². The number of rotatable bonds is 2. The molecule has 2 heterocycles. The second kappa shape index (κ2) is 4.84. The molecule has 1 saturated heterocycles. The van der Waals surface area contributed by atoms with Crippen LogP contribution in [0.3, 0.4) is 0 Å². The minimum Gasteiger partial charge on any atom is -0.481 e. The molecule has 1 aliphatic heterocycles. The van der Waals surface area contributed by atoms with Gasteiger partial charge in [0.1, 0.15) is 4.88 Å². The summed E-state index contributed by atoms with van der Waals surface area (Å²) in [5.41, 5.74) is -0.906.